The fourth-order valence-electron chi connectivity index (χ4n) is 4.55. The number of hydrogen-bond acceptors (Lipinski definition) is 5. The molecule has 0 radical (unpaired) electrons. The van der Waals surface area contributed by atoms with Gasteiger partial charge in [0.05, 0.1) is 12.8 Å². The third kappa shape index (κ3) is 3.21. The summed E-state index contributed by atoms with van der Waals surface area (Å²) in [4.78, 5) is 4.42. The van der Waals surface area contributed by atoms with Gasteiger partial charge in [-0.3, -0.25) is 0 Å². The van der Waals surface area contributed by atoms with Gasteiger partial charge in [-0.25, -0.2) is 9.07 Å². The lowest BCUT2D eigenvalue weighted by Gasteiger charge is -2.39. The topological polar surface area (TPSA) is 61.2 Å². The lowest BCUT2D eigenvalue weighted by molar-refractivity contribution is 0.217. The van der Waals surface area contributed by atoms with Crippen molar-refractivity contribution in [3.8, 4) is 11.5 Å². The summed E-state index contributed by atoms with van der Waals surface area (Å²) in [5, 5.41) is 7.95. The highest BCUT2D eigenvalue weighted by Crippen LogP contribution is 2.52. The molecule has 2 aliphatic rings. The van der Waals surface area contributed by atoms with Crippen LogP contribution in [-0.4, -0.2) is 21.9 Å². The minimum Gasteiger partial charge on any atom is -0.496 e. The van der Waals surface area contributed by atoms with E-state index in [4.69, 9.17) is 9.47 Å². The van der Waals surface area contributed by atoms with Crippen molar-refractivity contribution >= 4 is 27.6 Å². The van der Waals surface area contributed by atoms with Crippen LogP contribution in [0.25, 0.3) is 5.70 Å². The summed E-state index contributed by atoms with van der Waals surface area (Å²) in [5.74, 6) is 1.77. The third-order valence-electron chi connectivity index (χ3n) is 5.98. The highest BCUT2D eigenvalue weighted by atomic mass is 79.9. The Morgan fingerprint density at radius 1 is 1.09 bits per heavy atom. The summed E-state index contributed by atoms with van der Waals surface area (Å²) in [6, 6.07) is 19.8. The first-order valence-corrected chi connectivity index (χ1v) is 11.2. The van der Waals surface area contributed by atoms with Crippen LogP contribution in [0.5, 0.6) is 11.5 Å². The van der Waals surface area contributed by atoms with E-state index < -0.39 is 6.10 Å². The molecule has 0 saturated carbocycles. The van der Waals surface area contributed by atoms with Gasteiger partial charge in [0.1, 0.15) is 29.7 Å². The van der Waals surface area contributed by atoms with Crippen LogP contribution in [0.2, 0.25) is 0 Å². The molecule has 33 heavy (non-hydrogen) atoms. The van der Waals surface area contributed by atoms with E-state index in [0.717, 1.165) is 38.2 Å². The molecule has 2 aliphatic heterocycles. The van der Waals surface area contributed by atoms with Crippen molar-refractivity contribution in [2.75, 3.05) is 12.4 Å². The number of benzene rings is 3. The van der Waals surface area contributed by atoms with Crippen LogP contribution in [0.15, 0.2) is 83.1 Å². The number of nitrogens with one attached hydrogen (secondary N) is 1. The first-order chi connectivity index (χ1) is 16.1. The fourth-order valence-corrected chi connectivity index (χ4v) is 4.93. The molecule has 3 heterocycles. The molecule has 4 aromatic rings. The van der Waals surface area contributed by atoms with Crippen molar-refractivity contribution in [2.45, 2.75) is 12.1 Å². The molecule has 0 spiro atoms. The predicted molar refractivity (Wildman–Crippen MR) is 126 cm³/mol. The van der Waals surface area contributed by atoms with Crippen LogP contribution >= 0.6 is 15.9 Å². The maximum Gasteiger partial charge on any atom is 0.226 e. The molecule has 8 heteroatoms. The summed E-state index contributed by atoms with van der Waals surface area (Å²) < 4.78 is 28.8. The number of aromatic nitrogens is 3. The Kier molecular flexibility index (Phi) is 4.69. The van der Waals surface area contributed by atoms with Gasteiger partial charge in [0.15, 0.2) is 6.10 Å². The number of fused-ring (bicyclic) bond motifs is 3. The highest BCUT2D eigenvalue weighted by Gasteiger charge is 2.41. The SMILES string of the molecule is COc1ccc(Br)cc1C1Oc2ccccc2C2=C1C(c1ccc(F)cc1)n1ncnc1N2. The van der Waals surface area contributed by atoms with Gasteiger partial charge in [-0.15, -0.1) is 0 Å². The van der Waals surface area contributed by atoms with Crippen molar-refractivity contribution < 1.29 is 13.9 Å². The van der Waals surface area contributed by atoms with Crippen LogP contribution in [-0.2, 0) is 0 Å². The quantitative estimate of drug-likeness (QED) is 0.385. The lowest BCUT2D eigenvalue weighted by Crippen LogP contribution is -2.32. The van der Waals surface area contributed by atoms with Gasteiger partial charge in [0, 0.05) is 21.2 Å². The Bertz CT molecular complexity index is 1400. The third-order valence-corrected chi connectivity index (χ3v) is 6.47. The lowest BCUT2D eigenvalue weighted by atomic mass is 9.84. The largest absolute Gasteiger partial charge is 0.496 e. The molecule has 1 aromatic heterocycles. The van der Waals surface area contributed by atoms with E-state index in [1.807, 2.05) is 42.5 Å². The van der Waals surface area contributed by atoms with Crippen molar-refractivity contribution in [1.29, 1.82) is 0 Å². The van der Waals surface area contributed by atoms with E-state index in [0.29, 0.717) is 11.7 Å². The molecule has 0 amide bonds. The molecule has 164 valence electrons. The average molecular weight is 505 g/mol. The van der Waals surface area contributed by atoms with E-state index in [9.17, 15) is 4.39 Å². The maximum absolute atomic E-state index is 13.8. The number of halogens is 2. The predicted octanol–water partition coefficient (Wildman–Crippen LogP) is 5.75. The molecular formula is C25H18BrFN4O2. The summed E-state index contributed by atoms with van der Waals surface area (Å²) in [5.41, 5.74) is 4.51. The Labute approximate surface area is 197 Å². The minimum absolute atomic E-state index is 0.295. The van der Waals surface area contributed by atoms with Crippen molar-refractivity contribution in [3.63, 3.8) is 0 Å². The van der Waals surface area contributed by atoms with Crippen molar-refractivity contribution in [2.24, 2.45) is 0 Å². The second-order valence-corrected chi connectivity index (χ2v) is 8.73. The molecule has 1 N–H and O–H groups in total. The van der Waals surface area contributed by atoms with E-state index >= 15 is 0 Å². The second kappa shape index (κ2) is 7.74. The Morgan fingerprint density at radius 2 is 1.91 bits per heavy atom. The van der Waals surface area contributed by atoms with Gasteiger partial charge >= 0.3 is 0 Å². The van der Waals surface area contributed by atoms with E-state index in [1.54, 1.807) is 23.9 Å². The summed E-state index contributed by atoms with van der Waals surface area (Å²) in [7, 11) is 1.64. The van der Waals surface area contributed by atoms with Gasteiger partial charge in [-0.2, -0.15) is 10.1 Å². The van der Waals surface area contributed by atoms with E-state index in [-0.39, 0.29) is 11.9 Å². The van der Waals surface area contributed by atoms with Crippen molar-refractivity contribution in [3.05, 3.63) is 106 Å². The molecule has 2 atom stereocenters. The van der Waals surface area contributed by atoms with Gasteiger partial charge in [-0.05, 0) is 48.0 Å². The molecule has 0 aliphatic carbocycles. The molecule has 0 fully saturated rings. The normalized spacial score (nSPS) is 18.5. The van der Waals surface area contributed by atoms with Crippen molar-refractivity contribution in [1.82, 2.24) is 14.8 Å². The highest BCUT2D eigenvalue weighted by molar-refractivity contribution is 9.10. The van der Waals surface area contributed by atoms with Crippen LogP contribution in [0.4, 0.5) is 10.3 Å². The number of rotatable bonds is 3. The van der Waals surface area contributed by atoms with E-state index in [1.165, 1.54) is 18.5 Å². The Balaban J connectivity index is 1.65. The molecule has 0 bridgehead atoms. The molecule has 2 unspecified atom stereocenters. The van der Waals surface area contributed by atoms with E-state index in [2.05, 4.69) is 31.3 Å². The zero-order valence-electron chi connectivity index (χ0n) is 17.5. The Morgan fingerprint density at radius 3 is 2.73 bits per heavy atom. The first-order valence-electron chi connectivity index (χ1n) is 10.4. The molecule has 0 saturated heterocycles. The smallest absolute Gasteiger partial charge is 0.226 e. The average Bonchev–Trinajstić information content (AvgIpc) is 3.31. The zero-order chi connectivity index (χ0) is 22.5. The number of methoxy groups -OCH3 is 1. The number of hydrogen-bond donors (Lipinski definition) is 1. The van der Waals surface area contributed by atoms with Gasteiger partial charge < -0.3 is 14.8 Å². The maximum atomic E-state index is 13.8. The first kappa shape index (κ1) is 20.0. The molecular weight excluding hydrogens is 487 g/mol. The number of nitrogens with zero attached hydrogens (tertiary/aromatic N) is 3. The van der Waals surface area contributed by atoms with Gasteiger partial charge in [-0.1, -0.05) is 40.2 Å². The summed E-state index contributed by atoms with van der Waals surface area (Å²) >= 11 is 3.59. The summed E-state index contributed by atoms with van der Waals surface area (Å²) in [6.45, 7) is 0. The molecule has 6 nitrogen and oxygen atoms in total. The fraction of sp³-hybridized carbons (Fsp3) is 0.120. The second-order valence-electron chi connectivity index (χ2n) is 7.82. The zero-order valence-corrected chi connectivity index (χ0v) is 19.1. The summed E-state index contributed by atoms with van der Waals surface area (Å²) in [6.07, 6.45) is 1.03. The monoisotopic (exact) mass is 504 g/mol. The van der Waals surface area contributed by atoms with Crippen LogP contribution in [0.3, 0.4) is 0 Å². The Hall–Kier alpha value is -3.65. The minimum atomic E-state index is -0.484. The standard InChI is InChI=1S/C25H18BrFN4O2/c1-32-19-11-8-15(26)12-18(19)24-21-22(17-4-2-3-5-20(17)33-24)30-25-28-13-29-31(25)23(21)14-6-9-16(27)10-7-14/h2-13,23-24H,1H3,(H,28,29,30). The van der Waals surface area contributed by atoms with Crippen LogP contribution in [0, 0.1) is 5.82 Å². The van der Waals surface area contributed by atoms with Gasteiger partial charge in [0.25, 0.3) is 0 Å². The van der Waals surface area contributed by atoms with Crippen LogP contribution < -0.4 is 14.8 Å². The number of ether oxygens (including phenoxy) is 2. The van der Waals surface area contributed by atoms with Crippen LogP contribution in [0.1, 0.15) is 28.8 Å². The molecule has 3 aromatic carbocycles. The van der Waals surface area contributed by atoms with Gasteiger partial charge in [0.2, 0.25) is 5.95 Å². The number of anilines is 1. The molecule has 6 rings (SSSR count). The number of para-hydroxylation sites is 1.